The topological polar surface area (TPSA) is 52.5 Å². The number of quaternary nitrogens is 1. The van der Waals surface area contributed by atoms with Gasteiger partial charge in [0, 0.05) is 6.42 Å². The summed E-state index contributed by atoms with van der Waals surface area (Å²) >= 11 is 0. The van der Waals surface area contributed by atoms with Crippen molar-refractivity contribution in [2.75, 3.05) is 26.7 Å². The molecule has 1 aliphatic heterocycles. The molecule has 0 fully saturated rings. The Morgan fingerprint density at radius 1 is 1.28 bits per heavy atom. The maximum Gasteiger partial charge on any atom is 0.198 e. The summed E-state index contributed by atoms with van der Waals surface area (Å²) in [6, 6.07) is 0. The highest BCUT2D eigenvalue weighted by molar-refractivity contribution is 5.79. The van der Waals surface area contributed by atoms with Crippen LogP contribution in [0, 0.1) is 0 Å². The molecule has 0 spiro atoms. The summed E-state index contributed by atoms with van der Waals surface area (Å²) in [5.41, 5.74) is 0. The zero-order valence-corrected chi connectivity index (χ0v) is 11.8. The molecule has 0 aromatic heterocycles. The molecule has 0 saturated heterocycles. The van der Waals surface area contributed by atoms with E-state index in [0.717, 1.165) is 31.8 Å². The molecule has 104 valence electrons. The van der Waals surface area contributed by atoms with Crippen molar-refractivity contribution in [3.05, 3.63) is 0 Å². The fourth-order valence-electron chi connectivity index (χ4n) is 2.57. The highest BCUT2D eigenvalue weighted by atomic mass is 16.4. The van der Waals surface area contributed by atoms with E-state index in [1.807, 2.05) is 7.05 Å². The van der Waals surface area contributed by atoms with E-state index in [1.54, 1.807) is 0 Å². The van der Waals surface area contributed by atoms with E-state index in [2.05, 4.69) is 11.9 Å². The number of carboxylic acids is 1. The molecule has 1 heterocycles. The number of rotatable bonds is 9. The molecule has 0 aromatic rings. The van der Waals surface area contributed by atoms with Gasteiger partial charge >= 0.3 is 0 Å². The van der Waals surface area contributed by atoms with Gasteiger partial charge in [0.15, 0.2) is 5.84 Å². The Balaban J connectivity index is 2.26. The molecule has 0 saturated carbocycles. The zero-order valence-electron chi connectivity index (χ0n) is 11.8. The van der Waals surface area contributed by atoms with E-state index < -0.39 is 5.97 Å². The SMILES string of the molecule is CCCCCCCCC1=NCC[N+]1(C)CC(=O)[O-]. The Bertz CT molecular complexity index is 302. The first-order valence-corrected chi connectivity index (χ1v) is 7.17. The lowest BCUT2D eigenvalue weighted by Crippen LogP contribution is -2.53. The molecular weight excluding hydrogens is 228 g/mol. The minimum absolute atomic E-state index is 0.0642. The number of amidine groups is 1. The summed E-state index contributed by atoms with van der Waals surface area (Å²) in [7, 11) is 1.96. The first-order valence-electron chi connectivity index (χ1n) is 7.17. The lowest BCUT2D eigenvalue weighted by molar-refractivity contribution is -0.809. The first-order chi connectivity index (χ1) is 8.58. The average molecular weight is 254 g/mol. The standard InChI is InChI=1S/C14H26N2O2/c1-3-4-5-6-7-8-9-13-15-10-11-16(13,2)12-14(17)18/h3-12H2,1-2H3. The Labute approximate surface area is 110 Å². The maximum atomic E-state index is 10.8. The molecule has 0 aromatic carbocycles. The molecule has 1 rings (SSSR count). The lowest BCUT2D eigenvalue weighted by atomic mass is 10.1. The summed E-state index contributed by atoms with van der Waals surface area (Å²) in [5.74, 6) is 0.0738. The monoisotopic (exact) mass is 254 g/mol. The molecule has 1 atom stereocenters. The van der Waals surface area contributed by atoms with Crippen molar-refractivity contribution in [2.45, 2.75) is 51.9 Å². The van der Waals surface area contributed by atoms with E-state index in [4.69, 9.17) is 0 Å². The molecule has 1 aliphatic rings. The van der Waals surface area contributed by atoms with Gasteiger partial charge in [-0.05, 0) is 6.42 Å². The van der Waals surface area contributed by atoms with Gasteiger partial charge < -0.3 is 9.90 Å². The van der Waals surface area contributed by atoms with Crippen LogP contribution in [0.1, 0.15) is 51.9 Å². The van der Waals surface area contributed by atoms with Crippen LogP contribution < -0.4 is 5.11 Å². The van der Waals surface area contributed by atoms with E-state index in [0.29, 0.717) is 4.48 Å². The van der Waals surface area contributed by atoms with Crippen molar-refractivity contribution in [3.63, 3.8) is 0 Å². The Hall–Kier alpha value is -0.900. The minimum atomic E-state index is -0.977. The smallest absolute Gasteiger partial charge is 0.198 e. The summed E-state index contributed by atoms with van der Waals surface area (Å²) in [5, 5.41) is 10.8. The van der Waals surface area contributed by atoms with Crippen LogP contribution in [0.2, 0.25) is 0 Å². The number of unbranched alkanes of at least 4 members (excludes halogenated alkanes) is 5. The van der Waals surface area contributed by atoms with Crippen LogP contribution >= 0.6 is 0 Å². The third kappa shape index (κ3) is 4.77. The second-order valence-corrected chi connectivity index (χ2v) is 5.47. The third-order valence-corrected chi connectivity index (χ3v) is 3.74. The van der Waals surface area contributed by atoms with Gasteiger partial charge in [-0.1, -0.05) is 39.0 Å². The summed E-state index contributed by atoms with van der Waals surface area (Å²) in [6.07, 6.45) is 8.48. The molecule has 0 bridgehead atoms. The molecule has 4 nitrogen and oxygen atoms in total. The maximum absolute atomic E-state index is 10.8. The molecule has 0 radical (unpaired) electrons. The van der Waals surface area contributed by atoms with Crippen LogP contribution in [0.4, 0.5) is 0 Å². The molecule has 4 heteroatoms. The van der Waals surface area contributed by atoms with Gasteiger partial charge in [0.25, 0.3) is 0 Å². The quantitative estimate of drug-likeness (QED) is 0.460. The van der Waals surface area contributed by atoms with Crippen LogP contribution in [0.25, 0.3) is 0 Å². The van der Waals surface area contributed by atoms with Crippen molar-refractivity contribution in [3.8, 4) is 0 Å². The number of carbonyl (C=O) groups is 1. The highest BCUT2D eigenvalue weighted by Crippen LogP contribution is 2.17. The van der Waals surface area contributed by atoms with Crippen LogP contribution in [0.3, 0.4) is 0 Å². The third-order valence-electron chi connectivity index (χ3n) is 3.74. The number of likely N-dealkylation sites (N-methyl/N-ethyl adjacent to an activating group) is 1. The van der Waals surface area contributed by atoms with Crippen LogP contribution in [0.15, 0.2) is 4.99 Å². The largest absolute Gasteiger partial charge is 0.544 e. The summed E-state index contributed by atoms with van der Waals surface area (Å²) in [4.78, 5) is 15.2. The van der Waals surface area contributed by atoms with Crippen molar-refractivity contribution in [1.29, 1.82) is 0 Å². The van der Waals surface area contributed by atoms with Crippen molar-refractivity contribution in [1.82, 2.24) is 0 Å². The van der Waals surface area contributed by atoms with Gasteiger partial charge in [-0.2, -0.15) is 0 Å². The second-order valence-electron chi connectivity index (χ2n) is 5.47. The molecule has 0 amide bonds. The average Bonchev–Trinajstić information content (AvgIpc) is 2.63. The van der Waals surface area contributed by atoms with Gasteiger partial charge in [-0.15, -0.1) is 0 Å². The summed E-state index contributed by atoms with van der Waals surface area (Å²) < 4.78 is 0.456. The number of nitrogens with zero attached hydrogens (tertiary/aromatic N) is 2. The van der Waals surface area contributed by atoms with Gasteiger partial charge in [-0.25, -0.2) is 4.99 Å². The fraction of sp³-hybridized carbons (Fsp3) is 0.857. The van der Waals surface area contributed by atoms with E-state index >= 15 is 0 Å². The minimum Gasteiger partial charge on any atom is -0.544 e. The first kappa shape index (κ1) is 15.2. The van der Waals surface area contributed by atoms with Crippen LogP contribution in [-0.2, 0) is 4.79 Å². The Kier molecular flexibility index (Phi) is 6.33. The van der Waals surface area contributed by atoms with Crippen LogP contribution in [-0.4, -0.2) is 43.0 Å². The molecule has 0 aliphatic carbocycles. The molecule has 0 N–H and O–H groups in total. The summed E-state index contributed by atoms with van der Waals surface area (Å²) in [6.45, 7) is 3.85. The van der Waals surface area contributed by atoms with Gasteiger partial charge in [-0.3, -0.25) is 4.48 Å². The number of hydrogen-bond donors (Lipinski definition) is 0. The van der Waals surface area contributed by atoms with Crippen molar-refractivity contribution < 1.29 is 14.4 Å². The Morgan fingerprint density at radius 2 is 1.94 bits per heavy atom. The van der Waals surface area contributed by atoms with E-state index in [9.17, 15) is 9.90 Å². The van der Waals surface area contributed by atoms with Crippen molar-refractivity contribution >= 4 is 11.8 Å². The highest BCUT2D eigenvalue weighted by Gasteiger charge is 2.32. The predicted octanol–water partition coefficient (Wildman–Crippen LogP) is 1.35. The molecule has 18 heavy (non-hydrogen) atoms. The van der Waals surface area contributed by atoms with Gasteiger partial charge in [0.2, 0.25) is 0 Å². The number of aliphatic carboxylic acids is 1. The lowest BCUT2D eigenvalue weighted by Gasteiger charge is -2.30. The zero-order chi connectivity index (χ0) is 13.4. The van der Waals surface area contributed by atoms with Gasteiger partial charge in [0.1, 0.15) is 13.1 Å². The van der Waals surface area contributed by atoms with Gasteiger partial charge in [0.05, 0.1) is 19.6 Å². The van der Waals surface area contributed by atoms with E-state index in [1.165, 1.54) is 32.1 Å². The van der Waals surface area contributed by atoms with Crippen molar-refractivity contribution in [2.24, 2.45) is 4.99 Å². The van der Waals surface area contributed by atoms with Crippen LogP contribution in [0.5, 0.6) is 0 Å². The fourth-order valence-corrected chi connectivity index (χ4v) is 2.57. The number of hydrogen-bond acceptors (Lipinski definition) is 3. The number of aliphatic imine (C=N–C) groups is 1. The number of carbonyl (C=O) groups excluding carboxylic acids is 1. The normalized spacial score (nSPS) is 23.1. The second kappa shape index (κ2) is 7.52. The Morgan fingerprint density at radius 3 is 2.61 bits per heavy atom. The molecular formula is C14H26N2O2. The van der Waals surface area contributed by atoms with E-state index in [-0.39, 0.29) is 6.54 Å². The number of carboxylic acid groups (broad SMARTS) is 1. The predicted molar refractivity (Wildman–Crippen MR) is 71.2 cm³/mol. The molecule has 1 unspecified atom stereocenters.